The van der Waals surface area contributed by atoms with E-state index < -0.39 is 0 Å². The lowest BCUT2D eigenvalue weighted by Crippen LogP contribution is -2.41. The van der Waals surface area contributed by atoms with Crippen molar-refractivity contribution in [3.63, 3.8) is 0 Å². The summed E-state index contributed by atoms with van der Waals surface area (Å²) >= 11 is 12.0. The van der Waals surface area contributed by atoms with Crippen LogP contribution in [0.2, 0.25) is 5.02 Å². The maximum Gasteiger partial charge on any atom is 0.0697 e. The topological polar surface area (TPSA) is 38.0 Å². The summed E-state index contributed by atoms with van der Waals surface area (Å²) in [6.07, 6.45) is 1.18. The van der Waals surface area contributed by atoms with Crippen molar-refractivity contribution >= 4 is 46.5 Å². The number of hydrogen-bond donors (Lipinski definition) is 2. The zero-order valence-electron chi connectivity index (χ0n) is 9.69. The van der Waals surface area contributed by atoms with Gasteiger partial charge in [0, 0.05) is 26.9 Å². The molecule has 0 bridgehead atoms. The maximum atomic E-state index is 6.22. The number of rotatable bonds is 4. The van der Waals surface area contributed by atoms with Gasteiger partial charge in [-0.25, -0.2) is 0 Å². The number of thiophene rings is 1. The fourth-order valence-corrected chi connectivity index (χ4v) is 6.67. The van der Waals surface area contributed by atoms with Gasteiger partial charge >= 0.3 is 0 Å². The molecule has 17 heavy (non-hydrogen) atoms. The van der Waals surface area contributed by atoms with Crippen LogP contribution in [0.3, 0.4) is 0 Å². The average Bonchev–Trinajstić information content (AvgIpc) is 2.78. The van der Waals surface area contributed by atoms with Crippen LogP contribution >= 0.6 is 46.5 Å². The predicted molar refractivity (Wildman–Crippen MR) is 82.2 cm³/mol. The molecule has 1 saturated heterocycles. The Balaban J connectivity index is 2.19. The second-order valence-corrected chi connectivity index (χ2v) is 7.92. The van der Waals surface area contributed by atoms with Crippen LogP contribution in [-0.4, -0.2) is 22.0 Å². The molecule has 1 aliphatic heterocycles. The molecule has 1 aromatic rings. The zero-order valence-corrected chi connectivity index (χ0v) is 12.9. The Morgan fingerprint density at radius 1 is 1.53 bits per heavy atom. The van der Waals surface area contributed by atoms with Gasteiger partial charge in [0.25, 0.3) is 0 Å². The minimum absolute atomic E-state index is 0.172. The van der Waals surface area contributed by atoms with Crippen molar-refractivity contribution in [3.05, 3.63) is 21.3 Å². The Kier molecular flexibility index (Phi) is 5.51. The summed E-state index contributed by atoms with van der Waals surface area (Å²) in [6.45, 7) is 2.25. The molecule has 0 aliphatic carbocycles. The fraction of sp³-hybridized carbons (Fsp3) is 0.636. The highest BCUT2D eigenvalue weighted by Crippen LogP contribution is 2.42. The molecule has 0 spiro atoms. The van der Waals surface area contributed by atoms with Gasteiger partial charge < -0.3 is 0 Å². The number of hydrazine groups is 1. The number of nitrogens with one attached hydrogen (secondary N) is 1. The van der Waals surface area contributed by atoms with Crippen molar-refractivity contribution in [2.24, 2.45) is 5.84 Å². The molecule has 1 fully saturated rings. The van der Waals surface area contributed by atoms with Crippen LogP contribution in [0, 0.1) is 0 Å². The third kappa shape index (κ3) is 3.14. The van der Waals surface area contributed by atoms with E-state index in [-0.39, 0.29) is 6.04 Å². The molecule has 1 aromatic heterocycles. The molecule has 0 saturated carbocycles. The monoisotopic (exact) mass is 308 g/mol. The van der Waals surface area contributed by atoms with Crippen LogP contribution in [0.1, 0.15) is 24.3 Å². The Morgan fingerprint density at radius 2 is 2.29 bits per heavy atom. The third-order valence-electron chi connectivity index (χ3n) is 2.93. The predicted octanol–water partition coefficient (Wildman–Crippen LogP) is 3.53. The molecule has 0 amide bonds. The lowest BCUT2D eigenvalue weighted by molar-refractivity contribution is 0.521. The first-order valence-electron chi connectivity index (χ1n) is 5.70. The summed E-state index contributed by atoms with van der Waals surface area (Å²) in [5.74, 6) is 8.20. The van der Waals surface area contributed by atoms with Crippen molar-refractivity contribution in [2.45, 2.75) is 29.9 Å². The molecule has 3 unspecified atom stereocenters. The molecular weight excluding hydrogens is 292 g/mol. The van der Waals surface area contributed by atoms with Gasteiger partial charge in [-0.15, -0.1) is 11.3 Å². The van der Waals surface area contributed by atoms with Crippen molar-refractivity contribution in [2.75, 3.05) is 11.5 Å². The molecule has 2 heterocycles. The van der Waals surface area contributed by atoms with Crippen molar-refractivity contribution in [3.8, 4) is 0 Å². The second-order valence-electron chi connectivity index (χ2n) is 3.93. The van der Waals surface area contributed by atoms with Gasteiger partial charge in [0.15, 0.2) is 0 Å². The van der Waals surface area contributed by atoms with E-state index in [2.05, 4.69) is 24.1 Å². The fourth-order valence-electron chi connectivity index (χ4n) is 2.09. The molecular formula is C11H17ClN2S3. The van der Waals surface area contributed by atoms with Gasteiger partial charge in [0.1, 0.15) is 0 Å². The number of nitrogens with two attached hydrogens (primary N) is 1. The lowest BCUT2D eigenvalue weighted by Gasteiger charge is -2.35. The quantitative estimate of drug-likeness (QED) is 0.659. The summed E-state index contributed by atoms with van der Waals surface area (Å²) in [5, 5.41) is 4.04. The Morgan fingerprint density at radius 3 is 2.88 bits per heavy atom. The highest BCUT2D eigenvalue weighted by molar-refractivity contribution is 8.07. The van der Waals surface area contributed by atoms with Crippen molar-refractivity contribution in [1.82, 2.24) is 5.43 Å². The number of hydrogen-bond acceptors (Lipinski definition) is 5. The van der Waals surface area contributed by atoms with E-state index in [0.29, 0.717) is 10.5 Å². The minimum atomic E-state index is 0.172. The molecule has 96 valence electrons. The van der Waals surface area contributed by atoms with E-state index in [1.54, 1.807) is 11.3 Å². The first kappa shape index (κ1) is 14.0. The van der Waals surface area contributed by atoms with Crippen LogP contribution in [-0.2, 0) is 0 Å². The van der Waals surface area contributed by atoms with E-state index in [9.17, 15) is 0 Å². The molecule has 2 rings (SSSR count). The van der Waals surface area contributed by atoms with Crippen LogP contribution in [0.15, 0.2) is 11.4 Å². The Labute approximate surface area is 120 Å². The van der Waals surface area contributed by atoms with Gasteiger partial charge in [-0.2, -0.15) is 23.5 Å². The summed E-state index contributed by atoms with van der Waals surface area (Å²) in [7, 11) is 0. The molecule has 6 heteroatoms. The van der Waals surface area contributed by atoms with Crippen LogP contribution in [0.25, 0.3) is 0 Å². The van der Waals surface area contributed by atoms with E-state index in [1.165, 1.54) is 22.8 Å². The lowest BCUT2D eigenvalue weighted by atomic mass is 10.1. The Bertz CT molecular complexity index is 358. The SMILES string of the molecule is CCC1SCCSC1C(NN)c1sccc1Cl. The first-order chi connectivity index (χ1) is 8.27. The van der Waals surface area contributed by atoms with Crippen LogP contribution in [0.5, 0.6) is 0 Å². The largest absolute Gasteiger partial charge is 0.271 e. The highest BCUT2D eigenvalue weighted by atomic mass is 35.5. The van der Waals surface area contributed by atoms with Crippen molar-refractivity contribution < 1.29 is 0 Å². The average molecular weight is 309 g/mol. The molecule has 0 aromatic carbocycles. The highest BCUT2D eigenvalue weighted by Gasteiger charge is 2.33. The summed E-state index contributed by atoms with van der Waals surface area (Å²) in [4.78, 5) is 1.17. The Hall–Kier alpha value is 0.610. The van der Waals surface area contributed by atoms with E-state index in [0.717, 1.165) is 5.02 Å². The smallest absolute Gasteiger partial charge is 0.0697 e. The van der Waals surface area contributed by atoms with Gasteiger partial charge in [0.05, 0.1) is 11.1 Å². The van der Waals surface area contributed by atoms with Crippen LogP contribution < -0.4 is 11.3 Å². The summed E-state index contributed by atoms with van der Waals surface area (Å²) < 4.78 is 0. The molecule has 3 atom stereocenters. The van der Waals surface area contributed by atoms with E-state index in [1.807, 2.05) is 23.2 Å². The number of halogens is 1. The molecule has 3 N–H and O–H groups in total. The van der Waals surface area contributed by atoms with Gasteiger partial charge in [0.2, 0.25) is 0 Å². The summed E-state index contributed by atoms with van der Waals surface area (Å²) in [6, 6.07) is 2.12. The molecule has 0 radical (unpaired) electrons. The van der Waals surface area contributed by atoms with Gasteiger partial charge in [-0.1, -0.05) is 18.5 Å². The first-order valence-corrected chi connectivity index (χ1v) is 9.05. The summed E-state index contributed by atoms with van der Waals surface area (Å²) in [5.41, 5.74) is 2.97. The third-order valence-corrected chi connectivity index (χ3v) is 7.72. The van der Waals surface area contributed by atoms with Gasteiger partial charge in [-0.3, -0.25) is 11.3 Å². The second kappa shape index (κ2) is 6.68. The van der Waals surface area contributed by atoms with Gasteiger partial charge in [-0.05, 0) is 17.9 Å². The maximum absolute atomic E-state index is 6.22. The minimum Gasteiger partial charge on any atom is -0.271 e. The molecule has 1 aliphatic rings. The molecule has 2 nitrogen and oxygen atoms in total. The number of thioether (sulfide) groups is 2. The van der Waals surface area contributed by atoms with Crippen molar-refractivity contribution in [1.29, 1.82) is 0 Å². The standard InChI is InChI=1S/C11H17ClN2S3/c1-2-8-11(17-6-5-15-8)9(14-13)10-7(12)3-4-16-10/h3-4,8-9,11,14H,2,5-6,13H2,1H3. The normalized spacial score (nSPS) is 27.0. The zero-order chi connectivity index (χ0) is 12.3. The van der Waals surface area contributed by atoms with Crippen LogP contribution in [0.4, 0.5) is 0 Å². The van der Waals surface area contributed by atoms with E-state index >= 15 is 0 Å². The van der Waals surface area contributed by atoms with E-state index in [4.69, 9.17) is 17.4 Å².